The van der Waals surface area contributed by atoms with Gasteiger partial charge in [-0.1, -0.05) is 23.7 Å². The fourth-order valence-electron chi connectivity index (χ4n) is 1.43. The van der Waals surface area contributed by atoms with Gasteiger partial charge in [-0.3, -0.25) is 0 Å². The van der Waals surface area contributed by atoms with Crippen LogP contribution in [0.1, 0.15) is 16.1 Å². The van der Waals surface area contributed by atoms with Crippen molar-refractivity contribution in [3.8, 4) is 11.3 Å². The van der Waals surface area contributed by atoms with E-state index in [9.17, 15) is 4.79 Å². The van der Waals surface area contributed by atoms with Crippen LogP contribution in [0.4, 0.5) is 0 Å². The number of nitrogens with zero attached hydrogens (tertiary/aromatic N) is 2. The average molecular weight is 249 g/mol. The molecule has 5 heteroatoms. The van der Waals surface area contributed by atoms with Crippen molar-refractivity contribution in [2.24, 2.45) is 0 Å². The molecule has 0 saturated carbocycles. The molecule has 4 nitrogen and oxygen atoms in total. The molecule has 0 fully saturated rings. The van der Waals surface area contributed by atoms with E-state index in [0.717, 1.165) is 5.56 Å². The number of hydrogen-bond donors (Lipinski definition) is 1. The number of hydrogen-bond acceptors (Lipinski definition) is 3. The lowest BCUT2D eigenvalue weighted by atomic mass is 10.1. The number of carboxylic acid groups (broad SMARTS) is 1. The summed E-state index contributed by atoms with van der Waals surface area (Å²) in [5.41, 5.74) is 1.86. The third-order valence-corrected chi connectivity index (χ3v) is 2.60. The Morgan fingerprint density at radius 2 is 1.88 bits per heavy atom. The second-order valence-electron chi connectivity index (χ2n) is 3.54. The number of carbonyl (C=O) groups is 1. The van der Waals surface area contributed by atoms with Crippen molar-refractivity contribution in [3.05, 3.63) is 46.6 Å². The highest BCUT2D eigenvalue weighted by molar-refractivity contribution is 6.30. The Morgan fingerprint density at radius 1 is 1.24 bits per heavy atom. The fraction of sp³-hybridized carbons (Fsp3) is 0.0833. The van der Waals surface area contributed by atoms with Crippen LogP contribution >= 0.6 is 11.6 Å². The van der Waals surface area contributed by atoms with Crippen LogP contribution in [0.2, 0.25) is 5.02 Å². The highest BCUT2D eigenvalue weighted by Crippen LogP contribution is 2.20. The summed E-state index contributed by atoms with van der Waals surface area (Å²) in [6, 6.07) is 8.49. The first-order chi connectivity index (χ1) is 8.08. The molecule has 2 rings (SSSR count). The molecular weight excluding hydrogens is 240 g/mol. The molecule has 17 heavy (non-hydrogen) atoms. The van der Waals surface area contributed by atoms with E-state index < -0.39 is 5.97 Å². The highest BCUT2D eigenvalue weighted by Gasteiger charge is 2.11. The summed E-state index contributed by atoms with van der Waals surface area (Å²) in [6.45, 7) is 1.61. The van der Waals surface area contributed by atoms with Gasteiger partial charge in [-0.25, -0.2) is 4.79 Å². The SMILES string of the molecule is Cc1nnc(-c2ccc(Cl)cc2)cc1C(=O)O. The number of aryl methyl sites for hydroxylation is 1. The maximum absolute atomic E-state index is 11.0. The van der Waals surface area contributed by atoms with Crippen molar-refractivity contribution in [2.75, 3.05) is 0 Å². The van der Waals surface area contributed by atoms with E-state index >= 15 is 0 Å². The zero-order valence-electron chi connectivity index (χ0n) is 9.01. The van der Waals surface area contributed by atoms with Crippen LogP contribution in [0.25, 0.3) is 11.3 Å². The molecule has 0 atom stereocenters. The largest absolute Gasteiger partial charge is 0.478 e. The summed E-state index contributed by atoms with van der Waals surface area (Å²) in [5.74, 6) is -1.01. The van der Waals surface area contributed by atoms with E-state index in [2.05, 4.69) is 10.2 Å². The second-order valence-corrected chi connectivity index (χ2v) is 3.98. The van der Waals surface area contributed by atoms with Gasteiger partial charge in [-0.15, -0.1) is 0 Å². The van der Waals surface area contributed by atoms with Gasteiger partial charge >= 0.3 is 5.97 Å². The van der Waals surface area contributed by atoms with Gasteiger partial charge in [-0.2, -0.15) is 10.2 Å². The smallest absolute Gasteiger partial charge is 0.337 e. The lowest BCUT2D eigenvalue weighted by molar-refractivity contribution is 0.0695. The number of aromatic nitrogens is 2. The van der Waals surface area contributed by atoms with Crippen molar-refractivity contribution >= 4 is 17.6 Å². The Labute approximate surface area is 103 Å². The van der Waals surface area contributed by atoms with Gasteiger partial charge in [0.1, 0.15) is 0 Å². The van der Waals surface area contributed by atoms with Crippen molar-refractivity contribution < 1.29 is 9.90 Å². The predicted octanol–water partition coefficient (Wildman–Crippen LogP) is 2.80. The molecule has 1 N–H and O–H groups in total. The van der Waals surface area contributed by atoms with Gasteiger partial charge in [0.2, 0.25) is 0 Å². The summed E-state index contributed by atoms with van der Waals surface area (Å²) in [4.78, 5) is 11.0. The van der Waals surface area contributed by atoms with E-state index in [0.29, 0.717) is 16.4 Å². The molecule has 0 spiro atoms. The summed E-state index contributed by atoms with van der Waals surface area (Å²) in [7, 11) is 0. The molecule has 0 bridgehead atoms. The first kappa shape index (κ1) is 11.5. The predicted molar refractivity (Wildman–Crippen MR) is 64.2 cm³/mol. The van der Waals surface area contributed by atoms with Gasteiger partial charge in [0.25, 0.3) is 0 Å². The molecule has 1 heterocycles. The number of rotatable bonds is 2. The molecule has 1 aromatic carbocycles. The van der Waals surface area contributed by atoms with Gasteiger partial charge in [0, 0.05) is 10.6 Å². The van der Waals surface area contributed by atoms with Gasteiger partial charge < -0.3 is 5.11 Å². The normalized spacial score (nSPS) is 10.2. The van der Waals surface area contributed by atoms with Crippen LogP contribution in [-0.2, 0) is 0 Å². The molecule has 0 aliphatic rings. The first-order valence-electron chi connectivity index (χ1n) is 4.91. The second kappa shape index (κ2) is 4.51. The quantitative estimate of drug-likeness (QED) is 0.888. The van der Waals surface area contributed by atoms with Crippen LogP contribution in [0, 0.1) is 6.92 Å². The molecule has 0 amide bonds. The van der Waals surface area contributed by atoms with Crippen molar-refractivity contribution in [1.82, 2.24) is 10.2 Å². The molecule has 0 saturated heterocycles. The Hall–Kier alpha value is -1.94. The Bertz CT molecular complexity index is 567. The van der Waals surface area contributed by atoms with Crippen LogP contribution in [-0.4, -0.2) is 21.3 Å². The van der Waals surface area contributed by atoms with Crippen LogP contribution < -0.4 is 0 Å². The zero-order chi connectivity index (χ0) is 12.4. The first-order valence-corrected chi connectivity index (χ1v) is 5.29. The topological polar surface area (TPSA) is 63.1 Å². The fourth-order valence-corrected chi connectivity index (χ4v) is 1.56. The molecule has 2 aromatic rings. The van der Waals surface area contributed by atoms with E-state index in [4.69, 9.17) is 16.7 Å². The average Bonchev–Trinajstić information content (AvgIpc) is 2.30. The number of halogens is 1. The number of aromatic carboxylic acids is 1. The number of benzene rings is 1. The van der Waals surface area contributed by atoms with Crippen LogP contribution in [0.5, 0.6) is 0 Å². The third-order valence-electron chi connectivity index (χ3n) is 2.35. The highest BCUT2D eigenvalue weighted by atomic mass is 35.5. The van der Waals surface area contributed by atoms with E-state index in [1.807, 2.05) is 0 Å². The Kier molecular flexibility index (Phi) is 3.06. The standard InChI is InChI=1S/C12H9ClN2O2/c1-7-10(12(16)17)6-11(15-14-7)8-2-4-9(13)5-3-8/h2-6H,1H3,(H,16,17). The summed E-state index contributed by atoms with van der Waals surface area (Å²) < 4.78 is 0. The van der Waals surface area contributed by atoms with E-state index in [-0.39, 0.29) is 5.56 Å². The molecule has 86 valence electrons. The van der Waals surface area contributed by atoms with Gasteiger partial charge in [0.15, 0.2) is 0 Å². The van der Waals surface area contributed by atoms with Gasteiger partial charge in [0.05, 0.1) is 17.0 Å². The molecule has 0 unspecified atom stereocenters. The van der Waals surface area contributed by atoms with Gasteiger partial charge in [-0.05, 0) is 25.1 Å². The van der Waals surface area contributed by atoms with Crippen LogP contribution in [0.15, 0.2) is 30.3 Å². The summed E-state index contributed by atoms with van der Waals surface area (Å²) in [5, 5.41) is 17.4. The summed E-state index contributed by atoms with van der Waals surface area (Å²) in [6.07, 6.45) is 0. The Morgan fingerprint density at radius 3 is 2.47 bits per heavy atom. The lowest BCUT2D eigenvalue weighted by Crippen LogP contribution is -2.04. The number of carboxylic acids is 1. The Balaban J connectivity index is 2.50. The minimum Gasteiger partial charge on any atom is -0.478 e. The van der Waals surface area contributed by atoms with Crippen molar-refractivity contribution in [3.63, 3.8) is 0 Å². The van der Waals surface area contributed by atoms with Crippen molar-refractivity contribution in [1.29, 1.82) is 0 Å². The monoisotopic (exact) mass is 248 g/mol. The summed E-state index contributed by atoms with van der Waals surface area (Å²) >= 11 is 5.78. The van der Waals surface area contributed by atoms with Crippen molar-refractivity contribution in [2.45, 2.75) is 6.92 Å². The van der Waals surface area contributed by atoms with Crippen LogP contribution in [0.3, 0.4) is 0 Å². The maximum atomic E-state index is 11.0. The lowest BCUT2D eigenvalue weighted by Gasteiger charge is -2.03. The zero-order valence-corrected chi connectivity index (χ0v) is 9.77. The molecule has 0 radical (unpaired) electrons. The third kappa shape index (κ3) is 2.42. The maximum Gasteiger partial charge on any atom is 0.337 e. The minimum atomic E-state index is -1.01. The van der Waals surface area contributed by atoms with E-state index in [1.54, 1.807) is 31.2 Å². The molecule has 1 aromatic heterocycles. The van der Waals surface area contributed by atoms with E-state index in [1.165, 1.54) is 6.07 Å². The minimum absolute atomic E-state index is 0.157. The molecule has 0 aliphatic heterocycles. The molecule has 0 aliphatic carbocycles. The molecular formula is C12H9ClN2O2.